The Morgan fingerprint density at radius 1 is 1.17 bits per heavy atom. The van der Waals surface area contributed by atoms with Crippen LogP contribution in [0.4, 0.5) is 10.7 Å². The SMILES string of the molecule is CCN1C(=O)[C@]2(c3ccccc31)[C@@H]1C(=O)N(c3sc(C)c(C)c3C(=O)OC)C(=O)[C@H]1[C@H]1CCCN12. The maximum Gasteiger partial charge on any atom is 0.341 e. The van der Waals surface area contributed by atoms with E-state index in [0.717, 1.165) is 29.0 Å². The molecule has 3 amide bonds. The van der Waals surface area contributed by atoms with Gasteiger partial charge in [0, 0.05) is 28.7 Å². The van der Waals surface area contributed by atoms with Gasteiger partial charge >= 0.3 is 5.97 Å². The number of imide groups is 1. The molecule has 0 saturated carbocycles. The Morgan fingerprint density at radius 3 is 2.63 bits per heavy atom. The molecule has 0 radical (unpaired) electrons. The molecule has 0 N–H and O–H groups in total. The normalized spacial score (nSPS) is 29.4. The van der Waals surface area contributed by atoms with Crippen molar-refractivity contribution in [3.63, 3.8) is 0 Å². The lowest BCUT2D eigenvalue weighted by molar-refractivity contribution is -0.137. The Kier molecular flexibility index (Phi) is 4.79. The van der Waals surface area contributed by atoms with Crippen molar-refractivity contribution in [3.8, 4) is 0 Å². The van der Waals surface area contributed by atoms with Crippen LogP contribution in [-0.4, -0.2) is 54.8 Å². The Labute approximate surface area is 207 Å². The molecule has 1 aromatic carbocycles. The van der Waals surface area contributed by atoms with Crippen molar-refractivity contribution in [2.24, 2.45) is 11.8 Å². The summed E-state index contributed by atoms with van der Waals surface area (Å²) in [6.45, 7) is 6.73. The number of methoxy groups -OCH3 is 1. The number of esters is 1. The number of rotatable bonds is 3. The van der Waals surface area contributed by atoms with Crippen molar-refractivity contribution >= 4 is 45.7 Å². The van der Waals surface area contributed by atoms with Crippen LogP contribution in [0, 0.1) is 25.7 Å². The van der Waals surface area contributed by atoms with Gasteiger partial charge in [-0.2, -0.15) is 0 Å². The molecule has 4 aliphatic heterocycles. The predicted molar refractivity (Wildman–Crippen MR) is 130 cm³/mol. The minimum atomic E-state index is -1.20. The molecule has 0 aliphatic carbocycles. The number of carbonyl (C=O) groups is 4. The number of thiophene rings is 1. The molecule has 35 heavy (non-hydrogen) atoms. The van der Waals surface area contributed by atoms with Crippen LogP contribution < -0.4 is 9.80 Å². The van der Waals surface area contributed by atoms with Crippen LogP contribution in [0.25, 0.3) is 0 Å². The monoisotopic (exact) mass is 493 g/mol. The number of para-hydroxylation sites is 1. The van der Waals surface area contributed by atoms with E-state index in [-0.39, 0.29) is 23.4 Å². The van der Waals surface area contributed by atoms with Crippen LogP contribution in [0.5, 0.6) is 0 Å². The fraction of sp³-hybridized carbons (Fsp3) is 0.462. The van der Waals surface area contributed by atoms with Crippen LogP contribution in [-0.2, 0) is 24.7 Å². The van der Waals surface area contributed by atoms with Gasteiger partial charge in [0.15, 0.2) is 0 Å². The number of amides is 3. The average Bonchev–Trinajstić information content (AvgIpc) is 3.60. The number of hydrogen-bond acceptors (Lipinski definition) is 7. The summed E-state index contributed by atoms with van der Waals surface area (Å²) in [5.41, 5.74) is 1.37. The molecule has 1 aromatic heterocycles. The second kappa shape index (κ2) is 7.48. The molecule has 5 heterocycles. The number of ether oxygens (including phenoxy) is 1. The topological polar surface area (TPSA) is 87.2 Å². The van der Waals surface area contributed by atoms with Crippen molar-refractivity contribution in [1.29, 1.82) is 0 Å². The molecule has 4 atom stereocenters. The number of hydrogen-bond donors (Lipinski definition) is 0. The number of nitrogens with zero attached hydrogens (tertiary/aromatic N) is 3. The summed E-state index contributed by atoms with van der Waals surface area (Å²) in [6.07, 6.45) is 1.62. The zero-order valence-corrected chi connectivity index (χ0v) is 21.0. The second-order valence-electron chi connectivity index (χ2n) is 9.71. The van der Waals surface area contributed by atoms with Crippen molar-refractivity contribution in [3.05, 3.63) is 45.8 Å². The van der Waals surface area contributed by atoms with E-state index in [0.29, 0.717) is 23.7 Å². The highest BCUT2D eigenvalue weighted by Gasteiger charge is 2.75. The van der Waals surface area contributed by atoms with E-state index in [1.54, 1.807) is 11.8 Å². The highest BCUT2D eigenvalue weighted by atomic mass is 32.1. The van der Waals surface area contributed by atoms with E-state index >= 15 is 0 Å². The summed E-state index contributed by atoms with van der Waals surface area (Å²) in [7, 11) is 1.29. The van der Waals surface area contributed by atoms with Crippen LogP contribution in [0.15, 0.2) is 24.3 Å². The number of aryl methyl sites for hydroxylation is 1. The lowest BCUT2D eigenvalue weighted by Gasteiger charge is -2.37. The Morgan fingerprint density at radius 2 is 1.91 bits per heavy atom. The molecule has 4 aliphatic rings. The summed E-state index contributed by atoms with van der Waals surface area (Å²) in [6, 6.07) is 7.45. The number of benzene rings is 1. The van der Waals surface area contributed by atoms with E-state index in [1.807, 2.05) is 38.1 Å². The molecule has 8 nitrogen and oxygen atoms in total. The van der Waals surface area contributed by atoms with Gasteiger partial charge in [-0.1, -0.05) is 18.2 Å². The Balaban J connectivity index is 1.57. The molecule has 2 aromatic rings. The highest BCUT2D eigenvalue weighted by Crippen LogP contribution is 2.62. The third kappa shape index (κ3) is 2.50. The van der Waals surface area contributed by atoms with Gasteiger partial charge in [-0.25, -0.2) is 9.69 Å². The first-order valence-corrected chi connectivity index (χ1v) is 12.9. The molecule has 0 bridgehead atoms. The van der Waals surface area contributed by atoms with Crippen LogP contribution in [0.3, 0.4) is 0 Å². The minimum Gasteiger partial charge on any atom is -0.465 e. The van der Waals surface area contributed by atoms with Gasteiger partial charge in [-0.15, -0.1) is 11.3 Å². The molecule has 182 valence electrons. The van der Waals surface area contributed by atoms with Crippen molar-refractivity contribution in [1.82, 2.24) is 4.90 Å². The van der Waals surface area contributed by atoms with Gasteiger partial charge in [0.05, 0.1) is 24.5 Å². The van der Waals surface area contributed by atoms with E-state index < -0.39 is 29.3 Å². The molecule has 3 fully saturated rings. The van der Waals surface area contributed by atoms with Gasteiger partial charge in [0.2, 0.25) is 11.8 Å². The second-order valence-corrected chi connectivity index (χ2v) is 10.9. The van der Waals surface area contributed by atoms with E-state index in [1.165, 1.54) is 23.3 Å². The minimum absolute atomic E-state index is 0.129. The van der Waals surface area contributed by atoms with Crippen molar-refractivity contribution < 1.29 is 23.9 Å². The van der Waals surface area contributed by atoms with Crippen LogP contribution in [0.2, 0.25) is 0 Å². The van der Waals surface area contributed by atoms with Crippen molar-refractivity contribution in [2.75, 3.05) is 30.0 Å². The van der Waals surface area contributed by atoms with E-state index in [9.17, 15) is 19.2 Å². The van der Waals surface area contributed by atoms with Crippen LogP contribution in [0.1, 0.15) is 46.1 Å². The molecular weight excluding hydrogens is 466 g/mol. The Bertz CT molecular complexity index is 1320. The number of likely N-dealkylation sites (N-methyl/N-ethyl adjacent to an activating group) is 1. The summed E-state index contributed by atoms with van der Waals surface area (Å²) in [4.78, 5) is 61.1. The third-order valence-corrected chi connectivity index (χ3v) is 9.61. The summed E-state index contributed by atoms with van der Waals surface area (Å²) in [5.74, 6) is -2.89. The standard InChI is InChI=1S/C26H27N3O5S/c1-5-27-16-10-7-6-9-15(16)26(25(27)33)20-19(17-11-8-12-28(17)26)21(30)29(22(20)31)23-18(24(32)34-4)13(2)14(3)35-23/h6-7,9-10,17,19-20H,5,8,11-12H2,1-4H3/t17-,19+,20+,26+/m1/s1. The number of fused-ring (bicyclic) bond motifs is 7. The molecule has 9 heteroatoms. The summed E-state index contributed by atoms with van der Waals surface area (Å²) in [5, 5.41) is 0.307. The van der Waals surface area contributed by atoms with Gasteiger partial charge < -0.3 is 9.64 Å². The van der Waals surface area contributed by atoms with Crippen LogP contribution >= 0.6 is 11.3 Å². The number of anilines is 2. The highest BCUT2D eigenvalue weighted by molar-refractivity contribution is 7.17. The lowest BCUT2D eigenvalue weighted by atomic mass is 9.75. The molecule has 1 spiro atoms. The maximum atomic E-state index is 14.3. The molecule has 0 unspecified atom stereocenters. The van der Waals surface area contributed by atoms with Gasteiger partial charge in [-0.05, 0) is 51.8 Å². The maximum absolute atomic E-state index is 14.3. The van der Waals surface area contributed by atoms with E-state index in [2.05, 4.69) is 4.90 Å². The quantitative estimate of drug-likeness (QED) is 0.483. The van der Waals surface area contributed by atoms with Gasteiger partial charge in [-0.3, -0.25) is 19.3 Å². The largest absolute Gasteiger partial charge is 0.465 e. The van der Waals surface area contributed by atoms with Gasteiger partial charge in [0.1, 0.15) is 10.5 Å². The first kappa shape index (κ1) is 22.4. The molecule has 6 rings (SSSR count). The molecule has 3 saturated heterocycles. The fourth-order valence-electron chi connectivity index (χ4n) is 6.96. The predicted octanol–water partition coefficient (Wildman–Crippen LogP) is 3.00. The molecular formula is C26H27N3O5S. The lowest BCUT2D eigenvalue weighted by Crippen LogP contribution is -2.56. The van der Waals surface area contributed by atoms with Gasteiger partial charge in [0.25, 0.3) is 5.91 Å². The smallest absolute Gasteiger partial charge is 0.341 e. The third-order valence-electron chi connectivity index (χ3n) is 8.42. The zero-order chi connectivity index (χ0) is 24.8. The summed E-state index contributed by atoms with van der Waals surface area (Å²) >= 11 is 1.25. The number of carbonyl (C=O) groups excluding carboxylic acids is 4. The fourth-order valence-corrected chi connectivity index (χ4v) is 8.12. The summed E-state index contributed by atoms with van der Waals surface area (Å²) < 4.78 is 5.00. The zero-order valence-electron chi connectivity index (χ0n) is 20.2. The van der Waals surface area contributed by atoms with E-state index in [4.69, 9.17) is 4.74 Å². The average molecular weight is 494 g/mol. The first-order chi connectivity index (χ1) is 16.8. The first-order valence-electron chi connectivity index (χ1n) is 12.0. The Hall–Kier alpha value is -3.04. The van der Waals surface area contributed by atoms with Crippen molar-refractivity contribution in [2.45, 2.75) is 45.2 Å².